The van der Waals surface area contributed by atoms with Crippen LogP contribution < -0.4 is 5.32 Å². The minimum Gasteiger partial charge on any atom is -0.311 e. The Morgan fingerprint density at radius 3 is 2.62 bits per heavy atom. The minimum atomic E-state index is -0.150. The topological polar surface area (TPSA) is 64.0 Å². The molecule has 0 bridgehead atoms. The zero-order chi connectivity index (χ0) is 17.1. The average Bonchev–Trinajstić information content (AvgIpc) is 3.37. The molecule has 1 aliphatic rings. The molecular weight excluding hydrogens is 302 g/mol. The number of hydrogen-bond acceptors (Lipinski definition) is 3. The van der Waals surface area contributed by atoms with Crippen LogP contribution in [-0.2, 0) is 4.79 Å². The minimum absolute atomic E-state index is 0.0122. The number of hydrogen-bond donors (Lipinski definition) is 1. The predicted octanol–water partition coefficient (Wildman–Crippen LogP) is 3.76. The largest absolute Gasteiger partial charge is 0.311 e. The number of aryl methyl sites for hydroxylation is 1. The molecule has 24 heavy (non-hydrogen) atoms. The van der Waals surface area contributed by atoms with E-state index in [1.165, 1.54) is 12.8 Å². The highest BCUT2D eigenvalue weighted by atomic mass is 16.2. The monoisotopic (exact) mass is 325 g/mol. The molecule has 2 aromatic rings. The number of benzene rings is 1. The van der Waals surface area contributed by atoms with Crippen molar-refractivity contribution in [1.29, 1.82) is 0 Å². The molecule has 1 aliphatic carbocycles. The fourth-order valence-electron chi connectivity index (χ4n) is 2.90. The summed E-state index contributed by atoms with van der Waals surface area (Å²) in [4.78, 5) is 24.3. The molecule has 126 valence electrons. The molecule has 1 fully saturated rings. The summed E-state index contributed by atoms with van der Waals surface area (Å²) in [6.07, 6.45) is 2.83. The van der Waals surface area contributed by atoms with Gasteiger partial charge in [-0.05, 0) is 32.6 Å². The zero-order valence-corrected chi connectivity index (χ0v) is 14.2. The molecule has 1 N–H and O–H groups in total. The fourth-order valence-corrected chi connectivity index (χ4v) is 2.90. The Bertz CT molecular complexity index is 732. The van der Waals surface area contributed by atoms with Crippen LogP contribution in [0.4, 0.5) is 5.82 Å². The molecule has 1 amide bonds. The van der Waals surface area contributed by atoms with Gasteiger partial charge in [0.2, 0.25) is 5.91 Å². The van der Waals surface area contributed by atoms with Gasteiger partial charge in [-0.2, -0.15) is 5.10 Å². The van der Waals surface area contributed by atoms with Crippen LogP contribution in [0.25, 0.3) is 0 Å². The first kappa shape index (κ1) is 16.4. The highest BCUT2D eigenvalue weighted by molar-refractivity contribution is 5.99. The molecule has 1 aromatic heterocycles. The number of rotatable bonds is 7. The van der Waals surface area contributed by atoms with Crippen molar-refractivity contribution in [3.8, 4) is 0 Å². The summed E-state index contributed by atoms with van der Waals surface area (Å²) >= 11 is 0. The summed E-state index contributed by atoms with van der Waals surface area (Å²) in [6, 6.07) is 11.2. The van der Waals surface area contributed by atoms with Crippen LogP contribution in [0.5, 0.6) is 0 Å². The van der Waals surface area contributed by atoms with Crippen molar-refractivity contribution in [2.45, 2.75) is 45.6 Å². The lowest BCUT2D eigenvalue weighted by atomic mass is 10.1. The van der Waals surface area contributed by atoms with Crippen molar-refractivity contribution in [2.75, 3.05) is 5.32 Å². The molecule has 0 aliphatic heterocycles. The Morgan fingerprint density at radius 2 is 1.96 bits per heavy atom. The van der Waals surface area contributed by atoms with Gasteiger partial charge in [0.1, 0.15) is 5.82 Å². The molecule has 1 unspecified atom stereocenters. The highest BCUT2D eigenvalue weighted by Gasteiger charge is 2.31. The number of Topliss-reactive ketones (excluding diaryl/α,β-unsaturated/α-hetero) is 1. The Labute approximate surface area is 142 Å². The van der Waals surface area contributed by atoms with E-state index in [4.69, 9.17) is 0 Å². The molecule has 5 heteroatoms. The van der Waals surface area contributed by atoms with Crippen LogP contribution >= 0.6 is 0 Å². The van der Waals surface area contributed by atoms with Gasteiger partial charge in [0.05, 0.1) is 11.7 Å². The second-order valence-corrected chi connectivity index (χ2v) is 6.53. The quantitative estimate of drug-likeness (QED) is 0.788. The fraction of sp³-hybridized carbons (Fsp3) is 0.421. The standard InChI is InChI=1S/C19H23N3O2/c1-13-12-18(22(21-13)14(2)15-8-9-15)20-19(24)11-10-17(23)16-6-4-3-5-7-16/h3-7,12,14-15H,8-11H2,1-2H3,(H,20,24). The van der Waals surface area contributed by atoms with E-state index in [1.807, 2.05) is 35.9 Å². The van der Waals surface area contributed by atoms with Crippen molar-refractivity contribution in [3.05, 3.63) is 47.7 Å². The lowest BCUT2D eigenvalue weighted by molar-refractivity contribution is -0.116. The van der Waals surface area contributed by atoms with E-state index in [-0.39, 0.29) is 24.5 Å². The summed E-state index contributed by atoms with van der Waals surface area (Å²) in [5.74, 6) is 1.22. The van der Waals surface area contributed by atoms with Gasteiger partial charge in [-0.15, -0.1) is 0 Å². The van der Waals surface area contributed by atoms with Crippen LogP contribution in [0.2, 0.25) is 0 Å². The van der Waals surface area contributed by atoms with Crippen LogP contribution in [0.1, 0.15) is 54.7 Å². The van der Waals surface area contributed by atoms with Crippen molar-refractivity contribution in [1.82, 2.24) is 9.78 Å². The zero-order valence-electron chi connectivity index (χ0n) is 14.2. The van der Waals surface area contributed by atoms with Gasteiger partial charge >= 0.3 is 0 Å². The molecule has 1 saturated carbocycles. The third-order valence-electron chi connectivity index (χ3n) is 4.49. The molecule has 0 spiro atoms. The van der Waals surface area contributed by atoms with Crippen molar-refractivity contribution in [3.63, 3.8) is 0 Å². The molecule has 1 heterocycles. The van der Waals surface area contributed by atoms with E-state index in [0.29, 0.717) is 17.5 Å². The molecule has 0 saturated heterocycles. The molecule has 0 radical (unpaired) electrons. The lowest BCUT2D eigenvalue weighted by Crippen LogP contribution is -2.19. The predicted molar refractivity (Wildman–Crippen MR) is 93.0 cm³/mol. The summed E-state index contributed by atoms with van der Waals surface area (Å²) in [7, 11) is 0. The Morgan fingerprint density at radius 1 is 1.25 bits per heavy atom. The maximum atomic E-state index is 12.2. The number of carbonyl (C=O) groups is 2. The summed E-state index contributed by atoms with van der Waals surface area (Å²) < 4.78 is 1.91. The van der Waals surface area contributed by atoms with Gasteiger partial charge in [-0.25, -0.2) is 4.68 Å². The van der Waals surface area contributed by atoms with E-state index in [1.54, 1.807) is 12.1 Å². The van der Waals surface area contributed by atoms with Crippen LogP contribution in [0.15, 0.2) is 36.4 Å². The van der Waals surface area contributed by atoms with E-state index in [9.17, 15) is 9.59 Å². The van der Waals surface area contributed by atoms with E-state index in [2.05, 4.69) is 17.3 Å². The first-order valence-corrected chi connectivity index (χ1v) is 8.49. The SMILES string of the molecule is Cc1cc(NC(=O)CCC(=O)c2ccccc2)n(C(C)C2CC2)n1. The van der Waals surface area contributed by atoms with Gasteiger partial charge in [-0.3, -0.25) is 9.59 Å². The van der Waals surface area contributed by atoms with E-state index < -0.39 is 0 Å². The van der Waals surface area contributed by atoms with Gasteiger partial charge in [-0.1, -0.05) is 30.3 Å². The normalized spacial score (nSPS) is 15.1. The maximum Gasteiger partial charge on any atom is 0.225 e. The van der Waals surface area contributed by atoms with Crippen LogP contribution in [0.3, 0.4) is 0 Å². The molecule has 3 rings (SSSR count). The third kappa shape index (κ3) is 3.91. The average molecular weight is 325 g/mol. The van der Waals surface area contributed by atoms with E-state index in [0.717, 1.165) is 11.5 Å². The summed E-state index contributed by atoms with van der Waals surface area (Å²) in [6.45, 7) is 4.06. The number of anilines is 1. The van der Waals surface area contributed by atoms with Crippen molar-refractivity contribution < 1.29 is 9.59 Å². The molecular formula is C19H23N3O2. The van der Waals surface area contributed by atoms with Gasteiger partial charge in [0.25, 0.3) is 0 Å². The van der Waals surface area contributed by atoms with Crippen molar-refractivity contribution in [2.24, 2.45) is 5.92 Å². The van der Waals surface area contributed by atoms with Gasteiger partial charge < -0.3 is 5.32 Å². The smallest absolute Gasteiger partial charge is 0.225 e. The van der Waals surface area contributed by atoms with Crippen LogP contribution in [0, 0.1) is 12.8 Å². The number of ketones is 1. The first-order valence-electron chi connectivity index (χ1n) is 8.49. The summed E-state index contributed by atoms with van der Waals surface area (Å²) in [5, 5.41) is 7.41. The highest BCUT2D eigenvalue weighted by Crippen LogP contribution is 2.40. The Hall–Kier alpha value is -2.43. The maximum absolute atomic E-state index is 12.2. The second-order valence-electron chi connectivity index (χ2n) is 6.53. The number of amides is 1. The number of nitrogens with zero attached hydrogens (tertiary/aromatic N) is 2. The molecule has 1 aromatic carbocycles. The van der Waals surface area contributed by atoms with Gasteiger partial charge in [0.15, 0.2) is 5.78 Å². The summed E-state index contributed by atoms with van der Waals surface area (Å²) in [5.41, 5.74) is 1.53. The number of nitrogens with one attached hydrogen (secondary N) is 1. The van der Waals surface area contributed by atoms with Crippen molar-refractivity contribution >= 4 is 17.5 Å². The second kappa shape index (κ2) is 6.99. The first-order chi connectivity index (χ1) is 11.5. The van der Waals surface area contributed by atoms with Gasteiger partial charge in [0, 0.05) is 24.5 Å². The molecule has 5 nitrogen and oxygen atoms in total. The van der Waals surface area contributed by atoms with Crippen LogP contribution in [-0.4, -0.2) is 21.5 Å². The Kier molecular flexibility index (Phi) is 4.79. The third-order valence-corrected chi connectivity index (χ3v) is 4.49. The Balaban J connectivity index is 1.58. The lowest BCUT2D eigenvalue weighted by Gasteiger charge is -2.15. The van der Waals surface area contributed by atoms with E-state index >= 15 is 0 Å². The molecule has 1 atom stereocenters. The number of carbonyl (C=O) groups excluding carboxylic acids is 2. The number of aromatic nitrogens is 2.